The molecule has 3 unspecified atom stereocenters. The molecule has 19 heavy (non-hydrogen) atoms. The number of esters is 1. The summed E-state index contributed by atoms with van der Waals surface area (Å²) in [6, 6.07) is 0.325. The van der Waals surface area contributed by atoms with E-state index in [2.05, 4.69) is 26.1 Å². The fraction of sp³-hybridized carbons (Fsp3) is 0.938. The van der Waals surface area contributed by atoms with Gasteiger partial charge in [0.2, 0.25) is 0 Å². The van der Waals surface area contributed by atoms with Gasteiger partial charge in [0.1, 0.15) is 6.04 Å². The molecule has 1 rings (SSSR count). The second kappa shape index (κ2) is 8.57. The maximum Gasteiger partial charge on any atom is 0.323 e. The van der Waals surface area contributed by atoms with Crippen LogP contribution in [-0.4, -0.2) is 25.2 Å². The number of carbonyl (C=O) groups excluding carboxylic acids is 1. The van der Waals surface area contributed by atoms with Crippen molar-refractivity contribution in [3.8, 4) is 0 Å². The van der Waals surface area contributed by atoms with E-state index < -0.39 is 0 Å². The van der Waals surface area contributed by atoms with Gasteiger partial charge in [-0.1, -0.05) is 46.5 Å². The lowest BCUT2D eigenvalue weighted by molar-refractivity contribution is -0.144. The molecule has 1 aliphatic rings. The number of carbonyl (C=O) groups is 1. The molecule has 3 nitrogen and oxygen atoms in total. The van der Waals surface area contributed by atoms with Crippen LogP contribution in [0.5, 0.6) is 0 Å². The highest BCUT2D eigenvalue weighted by molar-refractivity contribution is 5.75. The molecule has 3 atom stereocenters. The Bertz CT molecular complexity index is 265. The number of ether oxygens (including phenoxy) is 1. The zero-order valence-corrected chi connectivity index (χ0v) is 13.1. The summed E-state index contributed by atoms with van der Waals surface area (Å²) in [5.41, 5.74) is 0. The third-order valence-corrected chi connectivity index (χ3v) is 4.32. The molecule has 0 amide bonds. The monoisotopic (exact) mass is 269 g/mol. The number of hydrogen-bond donors (Lipinski definition) is 1. The van der Waals surface area contributed by atoms with Gasteiger partial charge in [-0.2, -0.15) is 0 Å². The normalized spacial score (nSPS) is 25.9. The minimum Gasteiger partial charge on any atom is -0.468 e. The van der Waals surface area contributed by atoms with Gasteiger partial charge in [0, 0.05) is 6.04 Å². The van der Waals surface area contributed by atoms with Crippen LogP contribution in [0.25, 0.3) is 0 Å². The molecule has 0 aliphatic heterocycles. The fourth-order valence-electron chi connectivity index (χ4n) is 3.16. The standard InChI is InChI=1S/C16H31NO2/c1-5-7-13-8-6-9-14(11-10-13)17-15(12(2)3)16(18)19-4/h12-15,17H,5-11H2,1-4H3. The van der Waals surface area contributed by atoms with Gasteiger partial charge in [0.15, 0.2) is 0 Å². The molecule has 0 saturated heterocycles. The lowest BCUT2D eigenvalue weighted by Gasteiger charge is -2.26. The van der Waals surface area contributed by atoms with Crippen molar-refractivity contribution in [1.29, 1.82) is 0 Å². The van der Waals surface area contributed by atoms with Crippen LogP contribution in [0.1, 0.15) is 65.7 Å². The third kappa shape index (κ3) is 5.52. The zero-order valence-electron chi connectivity index (χ0n) is 13.1. The molecular weight excluding hydrogens is 238 g/mol. The molecule has 1 aliphatic carbocycles. The van der Waals surface area contributed by atoms with Gasteiger partial charge in [-0.05, 0) is 31.1 Å². The summed E-state index contributed by atoms with van der Waals surface area (Å²) in [5.74, 6) is 1.05. The van der Waals surface area contributed by atoms with E-state index in [0.29, 0.717) is 6.04 Å². The van der Waals surface area contributed by atoms with E-state index in [4.69, 9.17) is 4.74 Å². The highest BCUT2D eigenvalue weighted by Crippen LogP contribution is 2.27. The highest BCUT2D eigenvalue weighted by Gasteiger charge is 2.27. The highest BCUT2D eigenvalue weighted by atomic mass is 16.5. The summed E-state index contributed by atoms with van der Waals surface area (Å²) in [4.78, 5) is 11.8. The Balaban J connectivity index is 2.48. The first kappa shape index (κ1) is 16.5. The number of nitrogens with one attached hydrogen (secondary N) is 1. The van der Waals surface area contributed by atoms with Gasteiger partial charge < -0.3 is 10.1 Å². The van der Waals surface area contributed by atoms with Crippen LogP contribution in [-0.2, 0) is 9.53 Å². The van der Waals surface area contributed by atoms with Crippen LogP contribution in [0.2, 0.25) is 0 Å². The molecule has 112 valence electrons. The van der Waals surface area contributed by atoms with Crippen molar-refractivity contribution >= 4 is 5.97 Å². The number of rotatable bonds is 6. The van der Waals surface area contributed by atoms with Gasteiger partial charge in [0.25, 0.3) is 0 Å². The Hall–Kier alpha value is -0.570. The molecule has 0 radical (unpaired) electrons. The molecule has 1 fully saturated rings. The number of hydrogen-bond acceptors (Lipinski definition) is 3. The zero-order chi connectivity index (χ0) is 14.3. The van der Waals surface area contributed by atoms with Gasteiger partial charge in [-0.15, -0.1) is 0 Å². The van der Waals surface area contributed by atoms with E-state index in [1.165, 1.54) is 52.1 Å². The number of methoxy groups -OCH3 is 1. The Morgan fingerprint density at radius 3 is 2.58 bits per heavy atom. The van der Waals surface area contributed by atoms with Crippen LogP contribution < -0.4 is 5.32 Å². The van der Waals surface area contributed by atoms with E-state index >= 15 is 0 Å². The van der Waals surface area contributed by atoms with E-state index in [0.717, 1.165) is 5.92 Å². The lowest BCUT2D eigenvalue weighted by Crippen LogP contribution is -2.47. The van der Waals surface area contributed by atoms with Crippen molar-refractivity contribution in [3.63, 3.8) is 0 Å². The Kier molecular flexibility index (Phi) is 7.44. The van der Waals surface area contributed by atoms with Crippen LogP contribution >= 0.6 is 0 Å². The molecule has 1 N–H and O–H groups in total. The summed E-state index contributed by atoms with van der Waals surface area (Å²) in [6.45, 7) is 6.42. The van der Waals surface area contributed by atoms with E-state index in [1.807, 2.05) is 0 Å². The first-order valence-corrected chi connectivity index (χ1v) is 7.92. The topological polar surface area (TPSA) is 38.3 Å². The van der Waals surface area contributed by atoms with E-state index in [1.54, 1.807) is 0 Å². The summed E-state index contributed by atoms with van der Waals surface area (Å²) in [5, 5.41) is 3.53. The van der Waals surface area contributed by atoms with Crippen molar-refractivity contribution in [2.24, 2.45) is 11.8 Å². The molecule has 0 aromatic carbocycles. The smallest absolute Gasteiger partial charge is 0.323 e. The second-order valence-electron chi connectivity index (χ2n) is 6.27. The molecular formula is C16H31NO2. The molecule has 0 bridgehead atoms. The van der Waals surface area contributed by atoms with Crippen molar-refractivity contribution in [2.45, 2.75) is 77.8 Å². The summed E-state index contributed by atoms with van der Waals surface area (Å²) < 4.78 is 4.90. The van der Waals surface area contributed by atoms with E-state index in [-0.39, 0.29) is 17.9 Å². The van der Waals surface area contributed by atoms with Crippen LogP contribution in [0.15, 0.2) is 0 Å². The first-order chi connectivity index (χ1) is 9.08. The molecule has 3 heteroatoms. The van der Waals surface area contributed by atoms with Gasteiger partial charge in [0.05, 0.1) is 7.11 Å². The van der Waals surface area contributed by atoms with Crippen molar-refractivity contribution in [2.75, 3.05) is 7.11 Å². The second-order valence-corrected chi connectivity index (χ2v) is 6.27. The quantitative estimate of drug-likeness (QED) is 0.592. The van der Waals surface area contributed by atoms with Crippen LogP contribution in [0.4, 0.5) is 0 Å². The van der Waals surface area contributed by atoms with Gasteiger partial charge in [-0.3, -0.25) is 4.79 Å². The largest absolute Gasteiger partial charge is 0.468 e. The lowest BCUT2D eigenvalue weighted by atomic mass is 9.95. The predicted molar refractivity (Wildman–Crippen MR) is 79.0 cm³/mol. The minimum atomic E-state index is -0.155. The maximum atomic E-state index is 11.8. The van der Waals surface area contributed by atoms with Crippen LogP contribution in [0.3, 0.4) is 0 Å². The average Bonchev–Trinajstić information content (AvgIpc) is 2.61. The van der Waals surface area contributed by atoms with E-state index in [9.17, 15) is 4.79 Å². The molecule has 0 aromatic heterocycles. The van der Waals surface area contributed by atoms with Crippen molar-refractivity contribution < 1.29 is 9.53 Å². The molecule has 0 spiro atoms. The Morgan fingerprint density at radius 2 is 2.00 bits per heavy atom. The Morgan fingerprint density at radius 1 is 1.26 bits per heavy atom. The minimum absolute atomic E-state index is 0.121. The summed E-state index contributed by atoms with van der Waals surface area (Å²) in [7, 11) is 1.48. The SMILES string of the molecule is CCCC1CCCC(NC(C(=O)OC)C(C)C)CC1. The molecule has 0 aromatic rings. The summed E-state index contributed by atoms with van der Waals surface area (Å²) in [6.07, 6.45) is 8.99. The average molecular weight is 269 g/mol. The third-order valence-electron chi connectivity index (χ3n) is 4.32. The van der Waals surface area contributed by atoms with Crippen molar-refractivity contribution in [1.82, 2.24) is 5.32 Å². The van der Waals surface area contributed by atoms with Crippen LogP contribution in [0, 0.1) is 11.8 Å². The predicted octanol–water partition coefficient (Wildman–Crippen LogP) is 3.52. The molecule has 1 saturated carbocycles. The maximum absolute atomic E-state index is 11.8. The van der Waals surface area contributed by atoms with Crippen molar-refractivity contribution in [3.05, 3.63) is 0 Å². The molecule has 0 heterocycles. The first-order valence-electron chi connectivity index (χ1n) is 7.92. The van der Waals surface area contributed by atoms with Gasteiger partial charge >= 0.3 is 5.97 Å². The van der Waals surface area contributed by atoms with Gasteiger partial charge in [-0.25, -0.2) is 0 Å². The summed E-state index contributed by atoms with van der Waals surface area (Å²) >= 11 is 0. The fourth-order valence-corrected chi connectivity index (χ4v) is 3.16. The Labute approximate surface area is 118 Å².